The summed E-state index contributed by atoms with van der Waals surface area (Å²) in [5.41, 5.74) is 7.72. The van der Waals surface area contributed by atoms with Gasteiger partial charge in [0.15, 0.2) is 0 Å². The molecule has 0 aliphatic heterocycles. The smallest absolute Gasteiger partial charge is 0.0306 e. The van der Waals surface area contributed by atoms with Gasteiger partial charge in [-0.2, -0.15) is 0 Å². The van der Waals surface area contributed by atoms with Crippen LogP contribution in [0.5, 0.6) is 0 Å². The van der Waals surface area contributed by atoms with Crippen molar-refractivity contribution in [2.24, 2.45) is 5.73 Å². The van der Waals surface area contributed by atoms with Crippen molar-refractivity contribution in [3.63, 3.8) is 0 Å². The van der Waals surface area contributed by atoms with E-state index in [0.717, 1.165) is 19.4 Å². The van der Waals surface area contributed by atoms with E-state index in [2.05, 4.69) is 56.0 Å². The highest BCUT2D eigenvalue weighted by molar-refractivity contribution is 5.15. The van der Waals surface area contributed by atoms with Gasteiger partial charge in [-0.05, 0) is 51.3 Å². The van der Waals surface area contributed by atoms with Crippen LogP contribution < -0.4 is 5.73 Å². The van der Waals surface area contributed by atoms with Crippen molar-refractivity contribution in [3.8, 4) is 0 Å². The maximum Gasteiger partial charge on any atom is 0.0306 e. The molecule has 21 heavy (non-hydrogen) atoms. The number of benzene rings is 1. The van der Waals surface area contributed by atoms with Crippen LogP contribution in [0.15, 0.2) is 30.3 Å². The van der Waals surface area contributed by atoms with Crippen LogP contribution in [0.1, 0.15) is 58.4 Å². The van der Waals surface area contributed by atoms with Crippen LogP contribution in [-0.4, -0.2) is 30.1 Å². The average Bonchev–Trinajstić information content (AvgIpc) is 2.53. The van der Waals surface area contributed by atoms with Gasteiger partial charge in [0.05, 0.1) is 0 Å². The van der Waals surface area contributed by atoms with Gasteiger partial charge in [-0.15, -0.1) is 0 Å². The van der Waals surface area contributed by atoms with Gasteiger partial charge >= 0.3 is 0 Å². The Balaban J connectivity index is 2.67. The number of hydrogen-bond acceptors (Lipinski definition) is 2. The largest absolute Gasteiger partial charge is 0.329 e. The molecule has 0 fully saturated rings. The second-order valence-electron chi connectivity index (χ2n) is 6.38. The molecular formula is C19H34N2. The van der Waals surface area contributed by atoms with E-state index in [4.69, 9.17) is 5.73 Å². The van der Waals surface area contributed by atoms with Crippen LogP contribution in [0.25, 0.3) is 0 Å². The molecule has 0 bridgehead atoms. The summed E-state index contributed by atoms with van der Waals surface area (Å²) < 4.78 is 0. The third kappa shape index (κ3) is 6.19. The lowest BCUT2D eigenvalue weighted by Gasteiger charge is -2.41. The lowest BCUT2D eigenvalue weighted by Crippen LogP contribution is -2.52. The number of hydrogen-bond donors (Lipinski definition) is 1. The van der Waals surface area contributed by atoms with Crippen molar-refractivity contribution in [1.82, 2.24) is 4.90 Å². The Hall–Kier alpha value is -0.860. The molecule has 2 heteroatoms. The van der Waals surface area contributed by atoms with Gasteiger partial charge in [0, 0.05) is 12.1 Å². The number of nitrogens with zero attached hydrogens (tertiary/aromatic N) is 1. The summed E-state index contributed by atoms with van der Waals surface area (Å²) in [5.74, 6) is 0. The van der Waals surface area contributed by atoms with E-state index in [-0.39, 0.29) is 5.54 Å². The Kier molecular flexibility index (Phi) is 8.63. The molecule has 0 saturated heterocycles. The predicted octanol–water partition coefficient (Wildman–Crippen LogP) is 4.24. The molecular weight excluding hydrogens is 256 g/mol. The maximum atomic E-state index is 6.17. The lowest BCUT2D eigenvalue weighted by molar-refractivity contribution is 0.0976. The highest BCUT2D eigenvalue weighted by Gasteiger charge is 2.29. The molecule has 0 saturated carbocycles. The zero-order chi connectivity index (χ0) is 15.6. The third-order valence-electron chi connectivity index (χ3n) is 4.56. The Morgan fingerprint density at radius 2 is 1.57 bits per heavy atom. The highest BCUT2D eigenvalue weighted by atomic mass is 15.2. The fourth-order valence-corrected chi connectivity index (χ4v) is 2.80. The summed E-state index contributed by atoms with van der Waals surface area (Å²) in [5, 5.41) is 0. The molecule has 0 aliphatic carbocycles. The molecule has 1 aromatic rings. The summed E-state index contributed by atoms with van der Waals surface area (Å²) in [7, 11) is 0. The number of unbranched alkanes of at least 4 members (excludes halogenated alkanes) is 2. The zero-order valence-corrected chi connectivity index (χ0v) is 14.3. The lowest BCUT2D eigenvalue weighted by atomic mass is 9.90. The zero-order valence-electron chi connectivity index (χ0n) is 14.3. The van der Waals surface area contributed by atoms with Gasteiger partial charge in [0.1, 0.15) is 0 Å². The standard InChI is InChI=1S/C19H34N2/c1-4-6-15-21(16-7-5-2)19(3,17-20)14-13-18-11-9-8-10-12-18/h8-12H,4-7,13-17,20H2,1-3H3. The molecule has 0 radical (unpaired) electrons. The Bertz CT molecular complexity index is 355. The minimum absolute atomic E-state index is 0.125. The van der Waals surface area contributed by atoms with Crippen LogP contribution in [0.4, 0.5) is 0 Å². The van der Waals surface area contributed by atoms with E-state index in [1.165, 1.54) is 44.3 Å². The molecule has 2 N–H and O–H groups in total. The predicted molar refractivity (Wildman–Crippen MR) is 93.6 cm³/mol. The molecule has 2 nitrogen and oxygen atoms in total. The van der Waals surface area contributed by atoms with Crippen LogP contribution in [-0.2, 0) is 6.42 Å². The van der Waals surface area contributed by atoms with Gasteiger partial charge < -0.3 is 5.73 Å². The molecule has 0 amide bonds. The van der Waals surface area contributed by atoms with Gasteiger partial charge in [-0.1, -0.05) is 57.0 Å². The summed E-state index contributed by atoms with van der Waals surface area (Å²) in [4.78, 5) is 2.64. The third-order valence-corrected chi connectivity index (χ3v) is 4.56. The van der Waals surface area contributed by atoms with Crippen LogP contribution >= 0.6 is 0 Å². The molecule has 1 unspecified atom stereocenters. The highest BCUT2D eigenvalue weighted by Crippen LogP contribution is 2.22. The first kappa shape index (κ1) is 18.2. The van der Waals surface area contributed by atoms with Crippen molar-refractivity contribution >= 4 is 0 Å². The van der Waals surface area contributed by atoms with Crippen molar-refractivity contribution in [2.45, 2.75) is 64.8 Å². The Morgan fingerprint density at radius 1 is 1.00 bits per heavy atom. The second kappa shape index (κ2) is 9.97. The SMILES string of the molecule is CCCCN(CCCC)C(C)(CN)CCc1ccccc1. The molecule has 0 aliphatic rings. The maximum absolute atomic E-state index is 6.17. The average molecular weight is 290 g/mol. The van der Waals surface area contributed by atoms with Crippen molar-refractivity contribution in [1.29, 1.82) is 0 Å². The monoisotopic (exact) mass is 290 g/mol. The topological polar surface area (TPSA) is 29.3 Å². The number of aryl methyl sites for hydroxylation is 1. The first-order valence-corrected chi connectivity index (χ1v) is 8.65. The van der Waals surface area contributed by atoms with E-state index >= 15 is 0 Å². The van der Waals surface area contributed by atoms with Crippen molar-refractivity contribution in [2.75, 3.05) is 19.6 Å². The van der Waals surface area contributed by atoms with Gasteiger partial charge in [0.2, 0.25) is 0 Å². The minimum Gasteiger partial charge on any atom is -0.329 e. The molecule has 0 aromatic heterocycles. The van der Waals surface area contributed by atoms with E-state index in [9.17, 15) is 0 Å². The van der Waals surface area contributed by atoms with Crippen LogP contribution in [0.3, 0.4) is 0 Å². The summed E-state index contributed by atoms with van der Waals surface area (Å²) >= 11 is 0. The number of nitrogens with two attached hydrogens (primary N) is 1. The van der Waals surface area contributed by atoms with Gasteiger partial charge in [-0.3, -0.25) is 4.90 Å². The van der Waals surface area contributed by atoms with E-state index in [0.29, 0.717) is 0 Å². The van der Waals surface area contributed by atoms with E-state index in [1.54, 1.807) is 0 Å². The van der Waals surface area contributed by atoms with E-state index < -0.39 is 0 Å². The number of rotatable bonds is 11. The first-order chi connectivity index (χ1) is 10.2. The molecule has 1 rings (SSSR count). The van der Waals surface area contributed by atoms with Crippen molar-refractivity contribution in [3.05, 3.63) is 35.9 Å². The molecule has 1 atom stereocenters. The summed E-state index contributed by atoms with van der Waals surface area (Å²) in [6.45, 7) is 9.98. The Morgan fingerprint density at radius 3 is 2.05 bits per heavy atom. The normalized spacial score (nSPS) is 14.3. The second-order valence-corrected chi connectivity index (χ2v) is 6.38. The van der Waals surface area contributed by atoms with Gasteiger partial charge in [-0.25, -0.2) is 0 Å². The van der Waals surface area contributed by atoms with Crippen LogP contribution in [0.2, 0.25) is 0 Å². The quantitative estimate of drug-likeness (QED) is 0.660. The summed E-state index contributed by atoms with van der Waals surface area (Å²) in [6.07, 6.45) is 7.30. The fourth-order valence-electron chi connectivity index (χ4n) is 2.80. The molecule has 120 valence electrons. The first-order valence-electron chi connectivity index (χ1n) is 8.65. The summed E-state index contributed by atoms with van der Waals surface area (Å²) in [6, 6.07) is 10.8. The van der Waals surface area contributed by atoms with E-state index in [1.807, 2.05) is 0 Å². The van der Waals surface area contributed by atoms with Crippen LogP contribution in [0, 0.1) is 0 Å². The van der Waals surface area contributed by atoms with Gasteiger partial charge in [0.25, 0.3) is 0 Å². The molecule has 0 heterocycles. The minimum atomic E-state index is 0.125. The molecule has 0 spiro atoms. The fraction of sp³-hybridized carbons (Fsp3) is 0.684. The van der Waals surface area contributed by atoms with Crippen molar-refractivity contribution < 1.29 is 0 Å². The molecule has 1 aromatic carbocycles. The Labute approximate surface area is 131 Å².